The molecule has 1 fully saturated rings. The molecule has 0 atom stereocenters. The fraction of sp³-hybridized carbons (Fsp3) is 0.348. The van der Waals surface area contributed by atoms with E-state index in [4.69, 9.17) is 21.1 Å². The van der Waals surface area contributed by atoms with Crippen molar-refractivity contribution in [2.75, 3.05) is 51.5 Å². The Morgan fingerprint density at radius 1 is 1.16 bits per heavy atom. The smallest absolute Gasteiger partial charge is 0.261 e. The Hall–Kier alpha value is -3.10. The van der Waals surface area contributed by atoms with Gasteiger partial charge in [0.05, 0.1) is 13.2 Å². The number of halogens is 1. The fourth-order valence-corrected chi connectivity index (χ4v) is 3.39. The van der Waals surface area contributed by atoms with E-state index in [0.717, 1.165) is 11.3 Å². The Morgan fingerprint density at radius 2 is 1.91 bits per heavy atom. The van der Waals surface area contributed by atoms with Crippen molar-refractivity contribution in [3.05, 3.63) is 59.1 Å². The zero-order valence-corrected chi connectivity index (χ0v) is 18.9. The molecule has 1 heterocycles. The van der Waals surface area contributed by atoms with Gasteiger partial charge in [-0.3, -0.25) is 19.3 Å². The Balaban J connectivity index is 1.60. The van der Waals surface area contributed by atoms with Crippen LogP contribution in [0.3, 0.4) is 0 Å². The lowest BCUT2D eigenvalue weighted by atomic mass is 10.2. The maximum atomic E-state index is 12.9. The van der Waals surface area contributed by atoms with E-state index in [2.05, 4.69) is 0 Å². The number of methoxy groups -OCH3 is 1. The third-order valence-electron chi connectivity index (χ3n) is 5.03. The molecule has 32 heavy (non-hydrogen) atoms. The number of benzene rings is 2. The van der Waals surface area contributed by atoms with E-state index < -0.39 is 0 Å². The molecule has 1 saturated heterocycles. The van der Waals surface area contributed by atoms with E-state index >= 15 is 0 Å². The number of hydrogen-bond donors (Lipinski definition) is 0. The van der Waals surface area contributed by atoms with Gasteiger partial charge in [0, 0.05) is 24.4 Å². The summed E-state index contributed by atoms with van der Waals surface area (Å²) in [6.07, 6.45) is 0. The van der Waals surface area contributed by atoms with Crippen LogP contribution in [0.5, 0.6) is 5.75 Å². The van der Waals surface area contributed by atoms with Crippen LogP contribution in [0.4, 0.5) is 5.69 Å². The van der Waals surface area contributed by atoms with E-state index in [1.165, 1.54) is 16.9 Å². The first-order valence-corrected chi connectivity index (χ1v) is 10.5. The molecule has 3 amide bonds. The van der Waals surface area contributed by atoms with Crippen molar-refractivity contribution in [1.29, 1.82) is 0 Å². The summed E-state index contributed by atoms with van der Waals surface area (Å²) in [5.41, 5.74) is 1.77. The molecule has 3 rings (SSSR count). The van der Waals surface area contributed by atoms with Gasteiger partial charge in [-0.2, -0.15) is 0 Å². The molecule has 0 bridgehead atoms. The Kier molecular flexibility index (Phi) is 8.08. The van der Waals surface area contributed by atoms with Crippen molar-refractivity contribution in [3.8, 4) is 5.75 Å². The van der Waals surface area contributed by atoms with Crippen molar-refractivity contribution >= 4 is 35.0 Å². The van der Waals surface area contributed by atoms with Gasteiger partial charge in [0.15, 0.2) is 6.61 Å². The van der Waals surface area contributed by atoms with Crippen LogP contribution < -0.4 is 9.64 Å². The summed E-state index contributed by atoms with van der Waals surface area (Å²) < 4.78 is 10.6. The first kappa shape index (κ1) is 23.6. The lowest BCUT2D eigenvalue weighted by Crippen LogP contribution is -2.45. The molecule has 0 aromatic heterocycles. The van der Waals surface area contributed by atoms with E-state index in [0.29, 0.717) is 10.8 Å². The largest absolute Gasteiger partial charge is 0.484 e. The first-order valence-electron chi connectivity index (χ1n) is 10.2. The highest BCUT2D eigenvalue weighted by Gasteiger charge is 2.33. The number of rotatable bonds is 9. The van der Waals surface area contributed by atoms with Crippen molar-refractivity contribution < 1.29 is 23.9 Å². The number of nitrogens with zero attached hydrogens (tertiary/aromatic N) is 3. The van der Waals surface area contributed by atoms with Gasteiger partial charge in [0.25, 0.3) is 5.91 Å². The predicted octanol–water partition coefficient (Wildman–Crippen LogP) is 2.34. The van der Waals surface area contributed by atoms with Crippen molar-refractivity contribution in [3.63, 3.8) is 0 Å². The third kappa shape index (κ3) is 6.21. The molecule has 0 aliphatic carbocycles. The minimum atomic E-state index is -0.355. The van der Waals surface area contributed by atoms with Crippen molar-refractivity contribution in [2.45, 2.75) is 6.92 Å². The second-order valence-corrected chi connectivity index (χ2v) is 7.88. The van der Waals surface area contributed by atoms with Gasteiger partial charge < -0.3 is 19.3 Å². The van der Waals surface area contributed by atoms with Crippen LogP contribution in [0.25, 0.3) is 0 Å². The van der Waals surface area contributed by atoms with E-state index in [1.807, 2.05) is 31.2 Å². The third-order valence-corrected chi connectivity index (χ3v) is 5.28. The molecule has 0 spiro atoms. The summed E-state index contributed by atoms with van der Waals surface area (Å²) in [5, 5.41) is 0.566. The molecule has 170 valence electrons. The maximum absolute atomic E-state index is 12.9. The molecular formula is C23H26ClN3O5. The van der Waals surface area contributed by atoms with Gasteiger partial charge in [-0.05, 0) is 48.9 Å². The minimum Gasteiger partial charge on any atom is -0.484 e. The standard InChI is InChI=1S/C23H26ClN3O5/c1-17-4-3-5-19(12-17)27-16-26(14-22(27)29)21(28)13-25(10-11-31-2)23(30)15-32-20-8-6-18(24)7-9-20/h3-9,12H,10-11,13-16H2,1-2H3. The lowest BCUT2D eigenvalue weighted by Gasteiger charge is -2.25. The molecule has 0 N–H and O–H groups in total. The summed E-state index contributed by atoms with van der Waals surface area (Å²) in [7, 11) is 1.52. The molecule has 0 radical (unpaired) electrons. The highest BCUT2D eigenvalue weighted by Crippen LogP contribution is 2.21. The van der Waals surface area contributed by atoms with E-state index in [9.17, 15) is 14.4 Å². The minimum absolute atomic E-state index is 0.0274. The molecule has 0 saturated carbocycles. The highest BCUT2D eigenvalue weighted by atomic mass is 35.5. The number of aryl methyl sites for hydroxylation is 1. The summed E-state index contributed by atoms with van der Waals surface area (Å²) >= 11 is 5.85. The van der Waals surface area contributed by atoms with Gasteiger partial charge in [0.2, 0.25) is 11.8 Å². The number of carbonyl (C=O) groups excluding carboxylic acids is 3. The molecular weight excluding hydrogens is 434 g/mol. The lowest BCUT2D eigenvalue weighted by molar-refractivity contribution is -0.142. The number of carbonyl (C=O) groups is 3. The molecule has 9 heteroatoms. The van der Waals surface area contributed by atoms with Gasteiger partial charge in [-0.15, -0.1) is 0 Å². The fourth-order valence-electron chi connectivity index (χ4n) is 3.26. The van der Waals surface area contributed by atoms with Crippen LogP contribution in [0.1, 0.15) is 5.56 Å². The Labute approximate surface area is 192 Å². The molecule has 2 aromatic carbocycles. The topological polar surface area (TPSA) is 79.4 Å². The normalized spacial score (nSPS) is 13.4. The van der Waals surface area contributed by atoms with Crippen LogP contribution in [-0.2, 0) is 19.1 Å². The Bertz CT molecular complexity index is 966. The zero-order valence-electron chi connectivity index (χ0n) is 18.1. The van der Waals surface area contributed by atoms with E-state index in [1.54, 1.807) is 29.2 Å². The molecule has 0 unspecified atom stereocenters. The van der Waals surface area contributed by atoms with Gasteiger partial charge in [-0.25, -0.2) is 0 Å². The quantitative estimate of drug-likeness (QED) is 0.575. The summed E-state index contributed by atoms with van der Waals surface area (Å²) in [6, 6.07) is 14.2. The zero-order chi connectivity index (χ0) is 23.1. The highest BCUT2D eigenvalue weighted by molar-refractivity contribution is 6.30. The second-order valence-electron chi connectivity index (χ2n) is 7.44. The molecule has 1 aliphatic heterocycles. The summed E-state index contributed by atoms with van der Waals surface area (Å²) in [4.78, 5) is 42.4. The number of anilines is 1. The maximum Gasteiger partial charge on any atom is 0.261 e. The molecule has 2 aromatic rings. The summed E-state index contributed by atoms with van der Waals surface area (Å²) in [5.74, 6) is -0.333. The predicted molar refractivity (Wildman–Crippen MR) is 121 cm³/mol. The van der Waals surface area contributed by atoms with Gasteiger partial charge >= 0.3 is 0 Å². The number of amides is 3. The SMILES string of the molecule is COCCN(CC(=O)N1CC(=O)N(c2cccc(C)c2)C1)C(=O)COc1ccc(Cl)cc1. The van der Waals surface area contributed by atoms with Crippen LogP contribution >= 0.6 is 11.6 Å². The average Bonchev–Trinajstić information content (AvgIpc) is 3.17. The van der Waals surface area contributed by atoms with Crippen LogP contribution in [0.2, 0.25) is 5.02 Å². The second kappa shape index (κ2) is 11.0. The number of ether oxygens (including phenoxy) is 2. The van der Waals surface area contributed by atoms with Crippen LogP contribution in [0.15, 0.2) is 48.5 Å². The number of hydrogen-bond acceptors (Lipinski definition) is 5. The average molecular weight is 460 g/mol. The molecule has 1 aliphatic rings. The van der Waals surface area contributed by atoms with Gasteiger partial charge in [0.1, 0.15) is 19.0 Å². The summed E-state index contributed by atoms with van der Waals surface area (Å²) in [6.45, 7) is 2.17. The first-order chi connectivity index (χ1) is 15.4. The Morgan fingerprint density at radius 3 is 2.59 bits per heavy atom. The molecule has 8 nitrogen and oxygen atoms in total. The van der Waals surface area contributed by atoms with Crippen molar-refractivity contribution in [1.82, 2.24) is 9.80 Å². The van der Waals surface area contributed by atoms with Crippen LogP contribution in [0, 0.1) is 6.92 Å². The van der Waals surface area contributed by atoms with Crippen molar-refractivity contribution in [2.24, 2.45) is 0 Å². The van der Waals surface area contributed by atoms with Crippen LogP contribution in [-0.4, -0.2) is 74.1 Å². The van der Waals surface area contributed by atoms with Gasteiger partial charge in [-0.1, -0.05) is 23.7 Å². The monoisotopic (exact) mass is 459 g/mol. The van der Waals surface area contributed by atoms with E-state index in [-0.39, 0.29) is 57.2 Å².